The van der Waals surface area contributed by atoms with Gasteiger partial charge in [0.25, 0.3) is 0 Å². The van der Waals surface area contributed by atoms with Crippen LogP contribution in [0.15, 0.2) is 59.6 Å². The van der Waals surface area contributed by atoms with Crippen LogP contribution in [0.1, 0.15) is 16.4 Å². The first-order valence-electron chi connectivity index (χ1n) is 11.0. The molecule has 0 spiro atoms. The molecule has 13 heteroatoms. The number of amides is 1. The molecule has 1 N–H and O–H groups in total. The minimum Gasteiger partial charge on any atom is -0.530 e. The minimum absolute atomic E-state index is 0.0120. The van der Waals surface area contributed by atoms with Crippen LogP contribution in [-0.4, -0.2) is 51.8 Å². The van der Waals surface area contributed by atoms with Crippen molar-refractivity contribution in [1.82, 2.24) is 10.3 Å². The van der Waals surface area contributed by atoms with Gasteiger partial charge in [-0.3, -0.25) is 0 Å². The van der Waals surface area contributed by atoms with Crippen LogP contribution < -0.4 is 15.3 Å². The molecule has 196 valence electrons. The highest BCUT2D eigenvalue weighted by molar-refractivity contribution is 7.92. The average molecular weight is 571 g/mol. The van der Waals surface area contributed by atoms with E-state index in [0.29, 0.717) is 17.4 Å². The fourth-order valence-electron chi connectivity index (χ4n) is 4.04. The number of hydrogen-bond donors (Lipinski definition) is 1. The van der Waals surface area contributed by atoms with Crippen molar-refractivity contribution in [2.75, 3.05) is 31.1 Å². The summed E-state index contributed by atoms with van der Waals surface area (Å²) in [6.45, 7) is 0.793. The van der Waals surface area contributed by atoms with Gasteiger partial charge in [-0.1, -0.05) is 23.2 Å². The van der Waals surface area contributed by atoms with Gasteiger partial charge < -0.3 is 24.9 Å². The van der Waals surface area contributed by atoms with Crippen LogP contribution >= 0.6 is 23.2 Å². The molecule has 1 aromatic heterocycles. The van der Waals surface area contributed by atoms with Gasteiger partial charge in [0.1, 0.15) is 28.8 Å². The van der Waals surface area contributed by atoms with E-state index in [4.69, 9.17) is 27.9 Å². The lowest BCUT2D eigenvalue weighted by Crippen LogP contribution is -2.49. The van der Waals surface area contributed by atoms with Crippen LogP contribution in [-0.2, 0) is 14.6 Å². The van der Waals surface area contributed by atoms with Crippen LogP contribution in [0.3, 0.4) is 0 Å². The summed E-state index contributed by atoms with van der Waals surface area (Å²) in [7, 11) is -4.37. The third-order valence-corrected chi connectivity index (χ3v) is 8.41. The summed E-state index contributed by atoms with van der Waals surface area (Å²) in [4.78, 5) is 16.6. The van der Waals surface area contributed by atoms with Gasteiger partial charge >= 0.3 is 0 Å². The van der Waals surface area contributed by atoms with E-state index >= 15 is 4.39 Å². The number of ether oxygens (including phenoxy) is 1. The fraction of sp³-hybridized carbons (Fsp3) is 0.250. The van der Waals surface area contributed by atoms with E-state index in [1.807, 2.05) is 0 Å². The van der Waals surface area contributed by atoms with E-state index in [1.165, 1.54) is 36.5 Å². The van der Waals surface area contributed by atoms with Crippen molar-refractivity contribution in [3.05, 3.63) is 87.5 Å². The molecule has 0 saturated carbocycles. The van der Waals surface area contributed by atoms with Crippen LogP contribution in [0.25, 0.3) is 0 Å². The maximum Gasteiger partial charge on any atom is 0.189 e. The summed E-state index contributed by atoms with van der Waals surface area (Å²) in [5.74, 6) is -1.46. The van der Waals surface area contributed by atoms with Gasteiger partial charge in [-0.15, -0.1) is 0 Å². The second kappa shape index (κ2) is 11.2. The Morgan fingerprint density at radius 2 is 1.89 bits per heavy atom. The Bertz CT molecular complexity index is 1410. The number of pyridine rings is 1. The Balaban J connectivity index is 1.80. The number of sulfone groups is 1. The first kappa shape index (κ1) is 27.1. The maximum absolute atomic E-state index is 15.0. The summed E-state index contributed by atoms with van der Waals surface area (Å²) in [6, 6.07) is 9.26. The van der Waals surface area contributed by atoms with Gasteiger partial charge in [-0.05, 0) is 54.1 Å². The van der Waals surface area contributed by atoms with E-state index in [2.05, 4.69) is 10.3 Å². The third-order valence-electron chi connectivity index (χ3n) is 5.78. The van der Waals surface area contributed by atoms with E-state index in [0.717, 1.165) is 18.2 Å². The molecule has 37 heavy (non-hydrogen) atoms. The Morgan fingerprint density at radius 1 is 1.16 bits per heavy atom. The van der Waals surface area contributed by atoms with E-state index in [-0.39, 0.29) is 35.2 Å². The molecule has 0 bridgehead atoms. The highest BCUT2D eigenvalue weighted by Crippen LogP contribution is 2.41. The lowest BCUT2D eigenvalue weighted by molar-refractivity contribution is -0.251. The normalized spacial score (nSPS) is 16.9. The predicted molar refractivity (Wildman–Crippen MR) is 131 cm³/mol. The van der Waals surface area contributed by atoms with Crippen LogP contribution in [0.4, 0.5) is 19.4 Å². The molecular weight excluding hydrogens is 551 g/mol. The number of halogens is 4. The largest absolute Gasteiger partial charge is 0.530 e. The minimum atomic E-state index is -4.37. The third kappa shape index (κ3) is 6.12. The van der Waals surface area contributed by atoms with Gasteiger partial charge in [-0.2, -0.15) is 0 Å². The number of benzene rings is 2. The van der Waals surface area contributed by atoms with Crippen molar-refractivity contribution >= 4 is 45.0 Å². The van der Waals surface area contributed by atoms with Gasteiger partial charge in [0.05, 0.1) is 22.6 Å². The maximum atomic E-state index is 15.0. The Hall–Kier alpha value is -2.99. The van der Waals surface area contributed by atoms with Gasteiger partial charge in [0, 0.05) is 36.4 Å². The lowest BCUT2D eigenvalue weighted by Gasteiger charge is -2.34. The van der Waals surface area contributed by atoms with E-state index in [9.17, 15) is 22.7 Å². The molecule has 1 fully saturated rings. The van der Waals surface area contributed by atoms with Crippen molar-refractivity contribution in [2.24, 2.45) is 0 Å². The van der Waals surface area contributed by atoms with Crippen LogP contribution in [0.2, 0.25) is 10.0 Å². The number of anilines is 1. The fourth-order valence-corrected chi connectivity index (χ4v) is 6.28. The molecule has 1 amide bonds. The Labute approximate surface area is 221 Å². The highest BCUT2D eigenvalue weighted by Gasteiger charge is 2.36. The second-order valence-corrected chi connectivity index (χ2v) is 11.1. The summed E-state index contributed by atoms with van der Waals surface area (Å²) in [6.07, 6.45) is -0.737. The summed E-state index contributed by atoms with van der Waals surface area (Å²) in [5, 5.41) is 11.4. The van der Waals surface area contributed by atoms with Crippen molar-refractivity contribution in [3.63, 3.8) is 0 Å². The lowest BCUT2D eigenvalue weighted by atomic mass is 10.0. The SMILES string of the molecule is O=C([O-])NCC1CN(c2cc(C(c3cc(F)ccc3F)S(=O)(=O)c3ccc(Cl)cc3)c(Cl)cn2)CCO1. The Kier molecular flexibility index (Phi) is 8.17. The molecule has 2 unspecified atom stereocenters. The zero-order chi connectivity index (χ0) is 26.7. The number of rotatable bonds is 7. The molecule has 2 heterocycles. The van der Waals surface area contributed by atoms with E-state index in [1.54, 1.807) is 4.90 Å². The number of carboxylic acid groups (broad SMARTS) is 1. The molecule has 8 nitrogen and oxygen atoms in total. The molecule has 0 radical (unpaired) electrons. The molecule has 0 aliphatic carbocycles. The number of hydrogen-bond acceptors (Lipinski definition) is 7. The number of nitrogens with one attached hydrogen (secondary N) is 1. The summed E-state index contributed by atoms with van der Waals surface area (Å²) in [5.41, 5.74) is -0.436. The summed E-state index contributed by atoms with van der Waals surface area (Å²) >= 11 is 12.3. The topological polar surface area (TPSA) is 112 Å². The number of carbonyl (C=O) groups is 1. The molecule has 4 rings (SSSR count). The Morgan fingerprint density at radius 3 is 2.59 bits per heavy atom. The van der Waals surface area contributed by atoms with Crippen LogP contribution in [0, 0.1) is 11.6 Å². The average Bonchev–Trinajstić information content (AvgIpc) is 2.86. The molecule has 1 saturated heterocycles. The number of aromatic nitrogens is 1. The van der Waals surface area contributed by atoms with Gasteiger partial charge in [0.2, 0.25) is 0 Å². The highest BCUT2D eigenvalue weighted by atomic mass is 35.5. The monoisotopic (exact) mass is 570 g/mol. The first-order valence-corrected chi connectivity index (χ1v) is 13.3. The molecule has 3 aromatic rings. The second-order valence-electron chi connectivity index (χ2n) is 8.22. The standard InChI is InChI=1S/C24H21Cl2F2N3O5S/c25-14-1-4-17(5-2-14)37(34,35)23(19-9-15(27)3-6-21(19)28)18-10-22(29-12-20(18)26)31-7-8-36-16(13-31)11-30-24(32)33/h1-6,9-10,12,16,23,30H,7-8,11,13H2,(H,32,33)/p-1. The zero-order valence-corrected chi connectivity index (χ0v) is 21.4. The van der Waals surface area contributed by atoms with Crippen molar-refractivity contribution in [2.45, 2.75) is 16.2 Å². The van der Waals surface area contributed by atoms with Gasteiger partial charge in [-0.25, -0.2) is 22.2 Å². The zero-order valence-electron chi connectivity index (χ0n) is 19.0. The van der Waals surface area contributed by atoms with Gasteiger partial charge in [0.15, 0.2) is 9.84 Å². The predicted octanol–water partition coefficient (Wildman–Crippen LogP) is 3.37. The molecule has 1 aliphatic rings. The quantitative estimate of drug-likeness (QED) is 0.463. The number of morpholine rings is 1. The number of carbonyl (C=O) groups excluding carboxylic acids is 1. The van der Waals surface area contributed by atoms with E-state index < -0.39 is 44.5 Å². The van der Waals surface area contributed by atoms with Crippen molar-refractivity contribution < 1.29 is 31.8 Å². The molecule has 2 atom stereocenters. The molecular formula is C24H20Cl2F2N3O5S-. The molecule has 1 aliphatic heterocycles. The van der Waals surface area contributed by atoms with Crippen LogP contribution in [0.5, 0.6) is 0 Å². The van der Waals surface area contributed by atoms with Crippen molar-refractivity contribution in [1.29, 1.82) is 0 Å². The van der Waals surface area contributed by atoms with Crippen molar-refractivity contribution in [3.8, 4) is 0 Å². The first-order chi connectivity index (χ1) is 17.6. The smallest absolute Gasteiger partial charge is 0.189 e. The summed E-state index contributed by atoms with van der Waals surface area (Å²) < 4.78 is 62.4. The molecule has 2 aromatic carbocycles. The number of nitrogens with zero attached hydrogens (tertiary/aromatic N) is 2.